The molecule has 3 rings (SSSR count). The van der Waals surface area contributed by atoms with E-state index in [4.69, 9.17) is 0 Å². The van der Waals surface area contributed by atoms with Crippen LogP contribution in [-0.4, -0.2) is 16.1 Å². The van der Waals surface area contributed by atoms with Crippen LogP contribution in [0.5, 0.6) is 0 Å². The number of aromatic nitrogens is 2. The number of hydrogen-bond acceptors (Lipinski definition) is 2. The Kier molecular flexibility index (Phi) is 3.64. The number of anilines is 1. The molecule has 0 fully saturated rings. The van der Waals surface area contributed by atoms with Crippen molar-refractivity contribution in [2.75, 3.05) is 5.32 Å². The van der Waals surface area contributed by atoms with Crippen LogP contribution in [0.1, 0.15) is 12.0 Å². The van der Waals surface area contributed by atoms with Crippen molar-refractivity contribution in [2.24, 2.45) is 0 Å². The lowest BCUT2D eigenvalue weighted by molar-refractivity contribution is -0.116. The lowest BCUT2D eigenvalue weighted by atomic mass is 10.1. The topological polar surface area (TPSA) is 57.8 Å². The van der Waals surface area contributed by atoms with E-state index in [-0.39, 0.29) is 11.7 Å². The fourth-order valence-electron chi connectivity index (χ4n) is 2.16. The summed E-state index contributed by atoms with van der Waals surface area (Å²) in [6, 6.07) is 13.8. The van der Waals surface area contributed by atoms with Gasteiger partial charge in [-0.05, 0) is 36.2 Å². The van der Waals surface area contributed by atoms with Crippen molar-refractivity contribution in [2.45, 2.75) is 12.8 Å². The second kappa shape index (κ2) is 5.75. The highest BCUT2D eigenvalue weighted by Crippen LogP contribution is 2.19. The summed E-state index contributed by atoms with van der Waals surface area (Å²) in [6.45, 7) is 0. The number of hydrogen-bond donors (Lipinski definition) is 2. The van der Waals surface area contributed by atoms with E-state index in [2.05, 4.69) is 15.5 Å². The number of nitrogens with one attached hydrogen (secondary N) is 2. The van der Waals surface area contributed by atoms with Crippen molar-refractivity contribution >= 4 is 22.6 Å². The Morgan fingerprint density at radius 3 is 2.71 bits per heavy atom. The average Bonchev–Trinajstić information content (AvgIpc) is 2.90. The fourth-order valence-corrected chi connectivity index (χ4v) is 2.16. The molecule has 0 saturated heterocycles. The van der Waals surface area contributed by atoms with Gasteiger partial charge in [0, 0.05) is 11.8 Å². The van der Waals surface area contributed by atoms with Crippen molar-refractivity contribution in [3.63, 3.8) is 0 Å². The maximum atomic E-state index is 12.8. The molecule has 0 spiro atoms. The maximum Gasteiger partial charge on any atom is 0.225 e. The first-order valence-corrected chi connectivity index (χ1v) is 6.70. The molecule has 0 unspecified atom stereocenters. The van der Waals surface area contributed by atoms with Crippen molar-refractivity contribution in [1.29, 1.82) is 0 Å². The Balaban J connectivity index is 1.62. The van der Waals surface area contributed by atoms with Crippen LogP contribution < -0.4 is 5.32 Å². The maximum absolute atomic E-state index is 12.8. The monoisotopic (exact) mass is 283 g/mol. The second-order valence-electron chi connectivity index (χ2n) is 4.79. The van der Waals surface area contributed by atoms with E-state index in [9.17, 15) is 9.18 Å². The molecule has 21 heavy (non-hydrogen) atoms. The van der Waals surface area contributed by atoms with Crippen molar-refractivity contribution in [3.8, 4) is 0 Å². The molecule has 3 aromatic rings. The van der Waals surface area contributed by atoms with E-state index in [1.165, 1.54) is 12.1 Å². The van der Waals surface area contributed by atoms with E-state index in [0.717, 1.165) is 16.5 Å². The number of rotatable bonds is 4. The van der Waals surface area contributed by atoms with Gasteiger partial charge in [0.2, 0.25) is 5.91 Å². The molecule has 0 aliphatic heterocycles. The van der Waals surface area contributed by atoms with Gasteiger partial charge < -0.3 is 5.32 Å². The summed E-state index contributed by atoms with van der Waals surface area (Å²) in [4.78, 5) is 12.0. The summed E-state index contributed by atoms with van der Waals surface area (Å²) in [6.07, 6.45) is 0.890. The predicted octanol–water partition coefficient (Wildman–Crippen LogP) is 3.27. The first kappa shape index (κ1) is 13.3. The summed E-state index contributed by atoms with van der Waals surface area (Å²) >= 11 is 0. The van der Waals surface area contributed by atoms with Crippen LogP contribution in [0.3, 0.4) is 0 Å². The fraction of sp³-hybridized carbons (Fsp3) is 0.125. The minimum Gasteiger partial charge on any atom is -0.309 e. The smallest absolute Gasteiger partial charge is 0.225 e. The van der Waals surface area contributed by atoms with E-state index in [1.54, 1.807) is 12.1 Å². The molecule has 0 aliphatic rings. The highest BCUT2D eigenvalue weighted by Gasteiger charge is 2.09. The molecular weight excluding hydrogens is 269 g/mol. The standard InChI is InChI=1S/C16H14FN3O/c17-12-8-5-11(6-9-12)7-10-15(21)18-16-13-3-1-2-4-14(13)19-20-16/h1-6,8-9H,7,10H2,(H2,18,19,20,21). The van der Waals surface area contributed by atoms with Crippen LogP contribution in [0.2, 0.25) is 0 Å². The summed E-state index contributed by atoms with van der Waals surface area (Å²) in [5.74, 6) is 0.150. The number of nitrogens with zero attached hydrogens (tertiary/aromatic N) is 1. The molecule has 4 nitrogen and oxygen atoms in total. The average molecular weight is 283 g/mol. The molecule has 0 radical (unpaired) electrons. The Hall–Kier alpha value is -2.69. The van der Waals surface area contributed by atoms with Crippen molar-refractivity contribution in [1.82, 2.24) is 10.2 Å². The van der Waals surface area contributed by atoms with Gasteiger partial charge in [0.05, 0.1) is 5.52 Å². The van der Waals surface area contributed by atoms with E-state index < -0.39 is 0 Å². The largest absolute Gasteiger partial charge is 0.309 e. The number of carbonyl (C=O) groups is 1. The molecule has 0 bridgehead atoms. The number of amides is 1. The van der Waals surface area contributed by atoms with Crippen LogP contribution >= 0.6 is 0 Å². The van der Waals surface area contributed by atoms with Crippen LogP contribution in [-0.2, 0) is 11.2 Å². The van der Waals surface area contributed by atoms with Gasteiger partial charge in [-0.2, -0.15) is 5.10 Å². The predicted molar refractivity (Wildman–Crippen MR) is 79.4 cm³/mol. The quantitative estimate of drug-likeness (QED) is 0.772. The van der Waals surface area contributed by atoms with Crippen LogP contribution in [0.25, 0.3) is 10.9 Å². The summed E-state index contributed by atoms with van der Waals surface area (Å²) in [7, 11) is 0. The minimum atomic E-state index is -0.272. The zero-order valence-corrected chi connectivity index (χ0v) is 11.3. The molecule has 2 aromatic carbocycles. The molecule has 1 heterocycles. The van der Waals surface area contributed by atoms with Gasteiger partial charge in [0.25, 0.3) is 0 Å². The number of para-hydroxylation sites is 1. The number of carbonyl (C=O) groups excluding carboxylic acids is 1. The van der Waals surface area contributed by atoms with Gasteiger partial charge >= 0.3 is 0 Å². The first-order valence-electron chi connectivity index (χ1n) is 6.70. The third-order valence-electron chi connectivity index (χ3n) is 3.28. The number of H-pyrrole nitrogens is 1. The minimum absolute atomic E-state index is 0.114. The molecule has 5 heteroatoms. The van der Waals surface area contributed by atoms with Gasteiger partial charge in [0.1, 0.15) is 5.82 Å². The molecular formula is C16H14FN3O. The van der Waals surface area contributed by atoms with Crippen LogP contribution in [0.15, 0.2) is 48.5 Å². The zero-order chi connectivity index (χ0) is 14.7. The van der Waals surface area contributed by atoms with E-state index in [1.807, 2.05) is 24.3 Å². The van der Waals surface area contributed by atoms with Crippen LogP contribution in [0.4, 0.5) is 10.2 Å². The molecule has 0 aliphatic carbocycles. The van der Waals surface area contributed by atoms with Gasteiger partial charge in [-0.1, -0.05) is 24.3 Å². The summed E-state index contributed by atoms with van der Waals surface area (Å²) in [5, 5.41) is 10.6. The van der Waals surface area contributed by atoms with Crippen molar-refractivity contribution < 1.29 is 9.18 Å². The Morgan fingerprint density at radius 1 is 1.14 bits per heavy atom. The first-order chi connectivity index (χ1) is 10.2. The molecule has 1 amide bonds. The number of aromatic amines is 1. The number of benzene rings is 2. The third-order valence-corrected chi connectivity index (χ3v) is 3.28. The SMILES string of the molecule is O=C(CCc1ccc(F)cc1)Nc1n[nH]c2ccccc12. The number of halogens is 1. The van der Waals surface area contributed by atoms with E-state index in [0.29, 0.717) is 18.7 Å². The Labute approximate surface area is 121 Å². The second-order valence-corrected chi connectivity index (χ2v) is 4.79. The summed E-state index contributed by atoms with van der Waals surface area (Å²) < 4.78 is 12.8. The molecule has 1 aromatic heterocycles. The third kappa shape index (κ3) is 3.08. The Morgan fingerprint density at radius 2 is 1.90 bits per heavy atom. The summed E-state index contributed by atoms with van der Waals surface area (Å²) in [5.41, 5.74) is 1.81. The highest BCUT2D eigenvalue weighted by atomic mass is 19.1. The molecule has 0 atom stereocenters. The van der Waals surface area contributed by atoms with E-state index >= 15 is 0 Å². The highest BCUT2D eigenvalue weighted by molar-refractivity contribution is 5.99. The molecule has 0 saturated carbocycles. The van der Waals surface area contributed by atoms with Crippen LogP contribution in [0, 0.1) is 5.82 Å². The normalized spacial score (nSPS) is 10.7. The lowest BCUT2D eigenvalue weighted by Gasteiger charge is -2.03. The van der Waals surface area contributed by atoms with Crippen molar-refractivity contribution in [3.05, 3.63) is 59.9 Å². The number of aryl methyl sites for hydroxylation is 1. The Bertz CT molecular complexity index is 765. The number of fused-ring (bicyclic) bond motifs is 1. The van der Waals surface area contributed by atoms with Gasteiger partial charge in [-0.3, -0.25) is 9.89 Å². The molecule has 2 N–H and O–H groups in total. The zero-order valence-electron chi connectivity index (χ0n) is 11.3. The molecule has 106 valence electrons. The van der Waals surface area contributed by atoms with Gasteiger partial charge in [0.15, 0.2) is 5.82 Å². The van der Waals surface area contributed by atoms with Gasteiger partial charge in [-0.25, -0.2) is 4.39 Å². The lowest BCUT2D eigenvalue weighted by Crippen LogP contribution is -2.12. The van der Waals surface area contributed by atoms with Gasteiger partial charge in [-0.15, -0.1) is 0 Å².